The Bertz CT molecular complexity index is 296. The van der Waals surface area contributed by atoms with Crippen LogP contribution in [-0.4, -0.2) is 0 Å². The zero-order chi connectivity index (χ0) is 10.6. The molecule has 0 saturated heterocycles. The molecule has 1 aromatic rings. The minimum Gasteiger partial charge on any atom is -0.207 e. The maximum absolute atomic E-state index is 12.7. The predicted molar refractivity (Wildman–Crippen MR) is 58.7 cm³/mol. The molecule has 0 atom stereocenters. The lowest BCUT2D eigenvalue weighted by Crippen LogP contribution is -2.13. The Morgan fingerprint density at radius 2 is 1.86 bits per heavy atom. The molecule has 0 aliphatic heterocycles. The molecule has 0 saturated carbocycles. The van der Waals surface area contributed by atoms with E-state index < -0.39 is 0 Å². The van der Waals surface area contributed by atoms with Gasteiger partial charge in [0.25, 0.3) is 0 Å². The molecule has 1 rings (SSSR count). The van der Waals surface area contributed by atoms with E-state index in [1.54, 1.807) is 0 Å². The molecule has 0 bridgehead atoms. The molecule has 1 aromatic carbocycles. The summed E-state index contributed by atoms with van der Waals surface area (Å²) in [6.45, 7) is 8.13. The fraction of sp³-hybridized carbons (Fsp3) is 0.385. The molecule has 0 aliphatic rings. The fourth-order valence-corrected chi connectivity index (χ4v) is 1.62. The van der Waals surface area contributed by atoms with Crippen molar-refractivity contribution in [1.82, 2.24) is 0 Å². The lowest BCUT2D eigenvalue weighted by atomic mass is 9.83. The molecule has 1 heteroatoms. The van der Waals surface area contributed by atoms with E-state index in [9.17, 15) is 4.39 Å². The monoisotopic (exact) mass is 192 g/mol. The third kappa shape index (κ3) is 3.33. The summed E-state index contributed by atoms with van der Waals surface area (Å²) < 4.78 is 12.7. The first-order valence-electron chi connectivity index (χ1n) is 4.89. The second kappa shape index (κ2) is 4.41. The molecule has 0 aromatic heterocycles. The summed E-state index contributed by atoms with van der Waals surface area (Å²) in [5, 5.41) is 0. The van der Waals surface area contributed by atoms with Crippen LogP contribution >= 0.6 is 0 Å². The van der Waals surface area contributed by atoms with Crippen LogP contribution in [0, 0.1) is 11.2 Å². The van der Waals surface area contributed by atoms with Gasteiger partial charge in [-0.15, -0.1) is 6.58 Å². The summed E-state index contributed by atoms with van der Waals surface area (Å²) in [7, 11) is 0. The van der Waals surface area contributed by atoms with Gasteiger partial charge in [0.2, 0.25) is 0 Å². The van der Waals surface area contributed by atoms with Crippen molar-refractivity contribution in [3.05, 3.63) is 48.3 Å². The van der Waals surface area contributed by atoms with Gasteiger partial charge in [-0.1, -0.05) is 32.1 Å². The average Bonchev–Trinajstić information content (AvgIpc) is 2.08. The molecular weight excluding hydrogens is 175 g/mol. The Labute approximate surface area is 85.5 Å². The number of hydrogen-bond acceptors (Lipinski definition) is 0. The number of allylic oxidation sites excluding steroid dienone is 1. The van der Waals surface area contributed by atoms with E-state index >= 15 is 0 Å². The highest BCUT2D eigenvalue weighted by atomic mass is 19.1. The standard InChI is InChI=1S/C13H17F/c1-4-9-13(2,3)10-11-5-7-12(14)8-6-11/h4-8H,1,9-10H2,2-3H3. The lowest BCUT2D eigenvalue weighted by molar-refractivity contribution is 0.369. The largest absolute Gasteiger partial charge is 0.207 e. The Hall–Kier alpha value is -1.11. The maximum Gasteiger partial charge on any atom is 0.123 e. The van der Waals surface area contributed by atoms with E-state index in [0.717, 1.165) is 12.8 Å². The van der Waals surface area contributed by atoms with Crippen LogP contribution in [0.3, 0.4) is 0 Å². The van der Waals surface area contributed by atoms with Gasteiger partial charge in [0, 0.05) is 0 Å². The van der Waals surface area contributed by atoms with Crippen molar-refractivity contribution in [2.45, 2.75) is 26.7 Å². The minimum atomic E-state index is -0.171. The summed E-state index contributed by atoms with van der Waals surface area (Å²) in [5.74, 6) is -0.171. The van der Waals surface area contributed by atoms with Crippen molar-refractivity contribution in [3.63, 3.8) is 0 Å². The number of benzene rings is 1. The van der Waals surface area contributed by atoms with Gasteiger partial charge in [0.15, 0.2) is 0 Å². The van der Waals surface area contributed by atoms with Gasteiger partial charge >= 0.3 is 0 Å². The molecule has 14 heavy (non-hydrogen) atoms. The van der Waals surface area contributed by atoms with Gasteiger partial charge in [-0.25, -0.2) is 4.39 Å². The van der Waals surface area contributed by atoms with Crippen molar-refractivity contribution in [2.24, 2.45) is 5.41 Å². The van der Waals surface area contributed by atoms with Crippen LogP contribution in [-0.2, 0) is 6.42 Å². The van der Waals surface area contributed by atoms with Crippen LogP contribution in [0.15, 0.2) is 36.9 Å². The van der Waals surface area contributed by atoms with Crippen molar-refractivity contribution in [1.29, 1.82) is 0 Å². The number of hydrogen-bond donors (Lipinski definition) is 0. The first-order valence-corrected chi connectivity index (χ1v) is 4.89. The summed E-state index contributed by atoms with van der Waals surface area (Å²) >= 11 is 0. The molecule has 0 aliphatic carbocycles. The predicted octanol–water partition coefficient (Wildman–Crippen LogP) is 3.97. The molecule has 0 nitrogen and oxygen atoms in total. The van der Waals surface area contributed by atoms with Gasteiger partial charge in [-0.2, -0.15) is 0 Å². The van der Waals surface area contributed by atoms with Gasteiger partial charge in [0.05, 0.1) is 0 Å². The summed E-state index contributed by atoms with van der Waals surface area (Å²) in [4.78, 5) is 0. The van der Waals surface area contributed by atoms with Gasteiger partial charge in [0.1, 0.15) is 5.82 Å². The third-order valence-corrected chi connectivity index (χ3v) is 2.29. The Morgan fingerprint density at radius 3 is 2.36 bits per heavy atom. The van der Waals surface area contributed by atoms with Crippen LogP contribution in [0.25, 0.3) is 0 Å². The average molecular weight is 192 g/mol. The molecule has 0 fully saturated rings. The summed E-state index contributed by atoms with van der Waals surface area (Å²) in [6.07, 6.45) is 3.87. The SMILES string of the molecule is C=CCC(C)(C)Cc1ccc(F)cc1. The van der Waals surface area contributed by atoms with E-state index in [1.807, 2.05) is 18.2 Å². The van der Waals surface area contributed by atoms with Crippen molar-refractivity contribution < 1.29 is 4.39 Å². The van der Waals surface area contributed by atoms with Crippen molar-refractivity contribution in [3.8, 4) is 0 Å². The first-order chi connectivity index (χ1) is 6.53. The van der Waals surface area contributed by atoms with Crippen molar-refractivity contribution in [2.75, 3.05) is 0 Å². The Balaban J connectivity index is 2.68. The zero-order valence-corrected chi connectivity index (χ0v) is 8.89. The molecule has 0 unspecified atom stereocenters. The minimum absolute atomic E-state index is 0.171. The van der Waals surface area contributed by atoms with Crippen LogP contribution in [0.1, 0.15) is 25.8 Å². The normalized spacial score (nSPS) is 11.4. The second-order valence-corrected chi connectivity index (χ2v) is 4.46. The topological polar surface area (TPSA) is 0 Å². The number of rotatable bonds is 4. The maximum atomic E-state index is 12.7. The van der Waals surface area contributed by atoms with E-state index in [4.69, 9.17) is 0 Å². The number of halogens is 1. The first kappa shape index (κ1) is 11.0. The zero-order valence-electron chi connectivity index (χ0n) is 8.89. The molecule has 0 heterocycles. The molecule has 0 N–H and O–H groups in total. The fourth-order valence-electron chi connectivity index (χ4n) is 1.62. The van der Waals surface area contributed by atoms with Gasteiger partial charge in [-0.05, 0) is 36.0 Å². The smallest absolute Gasteiger partial charge is 0.123 e. The molecule has 0 radical (unpaired) electrons. The third-order valence-electron chi connectivity index (χ3n) is 2.29. The van der Waals surface area contributed by atoms with Crippen molar-refractivity contribution >= 4 is 0 Å². The quantitative estimate of drug-likeness (QED) is 0.633. The Morgan fingerprint density at radius 1 is 1.29 bits per heavy atom. The lowest BCUT2D eigenvalue weighted by Gasteiger charge is -2.22. The summed E-state index contributed by atoms with van der Waals surface area (Å²) in [6, 6.07) is 6.72. The van der Waals surface area contributed by atoms with Gasteiger partial charge in [-0.3, -0.25) is 0 Å². The van der Waals surface area contributed by atoms with E-state index in [-0.39, 0.29) is 11.2 Å². The molecule has 0 spiro atoms. The second-order valence-electron chi connectivity index (χ2n) is 4.46. The van der Waals surface area contributed by atoms with E-state index in [2.05, 4.69) is 20.4 Å². The highest BCUT2D eigenvalue weighted by Crippen LogP contribution is 2.26. The van der Waals surface area contributed by atoms with E-state index in [0.29, 0.717) is 0 Å². The van der Waals surface area contributed by atoms with Crippen LogP contribution in [0.4, 0.5) is 4.39 Å². The van der Waals surface area contributed by atoms with Crippen LogP contribution < -0.4 is 0 Å². The Kier molecular flexibility index (Phi) is 3.45. The van der Waals surface area contributed by atoms with Crippen LogP contribution in [0.2, 0.25) is 0 Å². The highest BCUT2D eigenvalue weighted by Gasteiger charge is 2.16. The van der Waals surface area contributed by atoms with Gasteiger partial charge < -0.3 is 0 Å². The molecule has 76 valence electrons. The van der Waals surface area contributed by atoms with E-state index in [1.165, 1.54) is 17.7 Å². The molecule has 0 amide bonds. The highest BCUT2D eigenvalue weighted by molar-refractivity contribution is 5.17. The molecular formula is C13H17F. The van der Waals surface area contributed by atoms with Crippen LogP contribution in [0.5, 0.6) is 0 Å². The summed E-state index contributed by atoms with van der Waals surface area (Å²) in [5.41, 5.74) is 1.39.